The van der Waals surface area contributed by atoms with E-state index in [1.807, 2.05) is 24.3 Å². The Labute approximate surface area is 145 Å². The fourth-order valence-corrected chi connectivity index (χ4v) is 3.56. The van der Waals surface area contributed by atoms with Gasteiger partial charge in [0.25, 0.3) is 5.91 Å². The van der Waals surface area contributed by atoms with Crippen LogP contribution in [-0.2, 0) is 0 Å². The molecule has 0 aliphatic rings. The Bertz CT molecular complexity index is 761. The van der Waals surface area contributed by atoms with Crippen LogP contribution in [-0.4, -0.2) is 42.0 Å². The van der Waals surface area contributed by atoms with Crippen LogP contribution in [0.4, 0.5) is 5.13 Å². The molecule has 2 heterocycles. The van der Waals surface area contributed by atoms with Gasteiger partial charge in [-0.05, 0) is 37.4 Å². The fourth-order valence-electron chi connectivity index (χ4n) is 2.57. The highest BCUT2D eigenvalue weighted by Gasteiger charge is 2.23. The van der Waals surface area contributed by atoms with Crippen LogP contribution in [0.2, 0.25) is 0 Å². The minimum Gasteiger partial charge on any atom is -0.459 e. The van der Waals surface area contributed by atoms with Crippen LogP contribution in [0.1, 0.15) is 24.4 Å². The predicted molar refractivity (Wildman–Crippen MR) is 97.8 cm³/mol. The second kappa shape index (κ2) is 7.59. The number of carbonyl (C=O) groups is 1. The molecule has 0 aliphatic heterocycles. The first kappa shape index (κ1) is 16.7. The average molecular weight is 343 g/mol. The average Bonchev–Trinajstić information content (AvgIpc) is 3.27. The highest BCUT2D eigenvalue weighted by Crippen LogP contribution is 2.29. The molecular weight excluding hydrogens is 322 g/mol. The number of hydrogen-bond donors (Lipinski definition) is 0. The lowest BCUT2D eigenvalue weighted by molar-refractivity contribution is 0.0957. The molecule has 1 amide bonds. The highest BCUT2D eigenvalue weighted by molar-refractivity contribution is 7.22. The quantitative estimate of drug-likeness (QED) is 0.653. The van der Waals surface area contributed by atoms with E-state index in [-0.39, 0.29) is 5.91 Å². The second-order valence-electron chi connectivity index (χ2n) is 5.43. The zero-order chi connectivity index (χ0) is 16.9. The van der Waals surface area contributed by atoms with E-state index in [1.54, 1.807) is 17.0 Å². The molecule has 0 spiro atoms. The van der Waals surface area contributed by atoms with Crippen molar-refractivity contribution >= 4 is 32.6 Å². The van der Waals surface area contributed by atoms with Gasteiger partial charge in [-0.2, -0.15) is 0 Å². The Morgan fingerprint density at radius 1 is 1.12 bits per heavy atom. The lowest BCUT2D eigenvalue weighted by Gasteiger charge is -2.24. The van der Waals surface area contributed by atoms with Crippen LogP contribution < -0.4 is 4.90 Å². The second-order valence-corrected chi connectivity index (χ2v) is 6.43. The molecule has 6 heteroatoms. The van der Waals surface area contributed by atoms with Gasteiger partial charge in [0.2, 0.25) is 0 Å². The van der Waals surface area contributed by atoms with Crippen molar-refractivity contribution in [2.75, 3.05) is 31.1 Å². The molecule has 0 radical (unpaired) electrons. The molecule has 0 bridgehead atoms. The highest BCUT2D eigenvalue weighted by atomic mass is 32.1. The topological polar surface area (TPSA) is 49.6 Å². The van der Waals surface area contributed by atoms with Crippen LogP contribution in [0.25, 0.3) is 10.2 Å². The van der Waals surface area contributed by atoms with Crippen molar-refractivity contribution in [3.8, 4) is 0 Å². The molecule has 0 N–H and O–H groups in total. The number of likely N-dealkylation sites (N-methyl/N-ethyl adjacent to an activating group) is 1. The molecule has 1 aromatic carbocycles. The summed E-state index contributed by atoms with van der Waals surface area (Å²) in [5, 5.41) is 0.713. The van der Waals surface area contributed by atoms with Gasteiger partial charge in [0.05, 0.1) is 16.5 Å². The van der Waals surface area contributed by atoms with Gasteiger partial charge in [0, 0.05) is 13.1 Å². The van der Waals surface area contributed by atoms with Crippen molar-refractivity contribution in [1.29, 1.82) is 0 Å². The largest absolute Gasteiger partial charge is 0.459 e. The van der Waals surface area contributed by atoms with Gasteiger partial charge in [0.1, 0.15) is 0 Å². The van der Waals surface area contributed by atoms with Crippen LogP contribution >= 0.6 is 11.3 Å². The maximum absolute atomic E-state index is 12.9. The van der Waals surface area contributed by atoms with Crippen molar-refractivity contribution in [3.05, 3.63) is 48.4 Å². The zero-order valence-electron chi connectivity index (χ0n) is 13.9. The first-order valence-corrected chi connectivity index (χ1v) is 8.97. The van der Waals surface area contributed by atoms with E-state index in [9.17, 15) is 4.79 Å². The van der Waals surface area contributed by atoms with Crippen LogP contribution in [0, 0.1) is 0 Å². The summed E-state index contributed by atoms with van der Waals surface area (Å²) in [4.78, 5) is 21.5. The number of anilines is 1. The number of amides is 1. The van der Waals surface area contributed by atoms with Crippen molar-refractivity contribution in [1.82, 2.24) is 9.88 Å². The zero-order valence-corrected chi connectivity index (χ0v) is 14.8. The third kappa shape index (κ3) is 3.49. The number of carbonyl (C=O) groups excluding carboxylic acids is 1. The summed E-state index contributed by atoms with van der Waals surface area (Å²) in [5.74, 6) is 0.194. The number of benzene rings is 1. The van der Waals surface area contributed by atoms with Crippen LogP contribution in [0.15, 0.2) is 47.1 Å². The van der Waals surface area contributed by atoms with Gasteiger partial charge in [-0.25, -0.2) is 4.98 Å². The molecule has 126 valence electrons. The predicted octanol–water partition coefficient (Wildman–Crippen LogP) is 3.88. The summed E-state index contributed by atoms with van der Waals surface area (Å²) in [6.45, 7) is 7.55. The van der Waals surface area contributed by atoms with Crippen molar-refractivity contribution in [3.63, 3.8) is 0 Å². The number of nitrogens with zero attached hydrogens (tertiary/aromatic N) is 3. The normalized spacial score (nSPS) is 11.3. The van der Waals surface area contributed by atoms with Gasteiger partial charge < -0.3 is 9.32 Å². The molecule has 2 aromatic heterocycles. The molecule has 0 unspecified atom stereocenters. The Morgan fingerprint density at radius 3 is 2.58 bits per heavy atom. The molecule has 0 aliphatic carbocycles. The van der Waals surface area contributed by atoms with E-state index >= 15 is 0 Å². The summed E-state index contributed by atoms with van der Waals surface area (Å²) in [6, 6.07) is 11.4. The van der Waals surface area contributed by atoms with Crippen molar-refractivity contribution in [2.45, 2.75) is 13.8 Å². The molecule has 0 saturated heterocycles. The molecule has 0 fully saturated rings. The Kier molecular flexibility index (Phi) is 5.27. The lowest BCUT2D eigenvalue weighted by atomic mass is 10.3. The summed E-state index contributed by atoms with van der Waals surface area (Å²) in [5.41, 5.74) is 0.914. The molecule has 5 nitrogen and oxygen atoms in total. The standard InChI is InChI=1S/C18H21N3O2S/c1-3-20(4-2)11-12-21(17(22)15-9-7-13-23-15)18-19-14-8-5-6-10-16(14)24-18/h5-10,13H,3-4,11-12H2,1-2H3. The Balaban J connectivity index is 1.90. The summed E-state index contributed by atoms with van der Waals surface area (Å²) in [6.07, 6.45) is 1.52. The lowest BCUT2D eigenvalue weighted by Crippen LogP contribution is -2.38. The van der Waals surface area contributed by atoms with E-state index in [1.165, 1.54) is 17.6 Å². The number of thiazole rings is 1. The minimum absolute atomic E-state index is 0.147. The SMILES string of the molecule is CCN(CC)CCN(C(=O)c1ccco1)c1nc2ccccc2s1. The number of furan rings is 1. The van der Waals surface area contributed by atoms with E-state index in [0.717, 1.165) is 29.9 Å². The molecule has 3 rings (SSSR count). The number of hydrogen-bond acceptors (Lipinski definition) is 5. The van der Waals surface area contributed by atoms with Gasteiger partial charge in [0.15, 0.2) is 10.9 Å². The Hall–Kier alpha value is -2.18. The fraction of sp³-hybridized carbons (Fsp3) is 0.333. The summed E-state index contributed by atoms with van der Waals surface area (Å²) >= 11 is 1.53. The number of aromatic nitrogens is 1. The minimum atomic E-state index is -0.147. The molecule has 0 atom stereocenters. The first-order valence-electron chi connectivity index (χ1n) is 8.16. The molecule has 3 aromatic rings. The van der Waals surface area contributed by atoms with Gasteiger partial charge in [-0.3, -0.25) is 9.69 Å². The molecule has 24 heavy (non-hydrogen) atoms. The number of fused-ring (bicyclic) bond motifs is 1. The van der Waals surface area contributed by atoms with E-state index in [4.69, 9.17) is 4.42 Å². The smallest absolute Gasteiger partial charge is 0.295 e. The van der Waals surface area contributed by atoms with Crippen LogP contribution in [0.3, 0.4) is 0 Å². The van der Waals surface area contributed by atoms with Gasteiger partial charge in [-0.1, -0.05) is 37.3 Å². The van der Waals surface area contributed by atoms with Crippen molar-refractivity contribution < 1.29 is 9.21 Å². The molecule has 0 saturated carbocycles. The number of para-hydroxylation sites is 1. The monoisotopic (exact) mass is 343 g/mol. The van der Waals surface area contributed by atoms with Gasteiger partial charge in [-0.15, -0.1) is 0 Å². The third-order valence-corrected chi connectivity index (χ3v) is 5.08. The third-order valence-electron chi connectivity index (χ3n) is 4.02. The van der Waals surface area contributed by atoms with E-state index in [0.29, 0.717) is 17.4 Å². The van der Waals surface area contributed by atoms with Gasteiger partial charge >= 0.3 is 0 Å². The summed E-state index contributed by atoms with van der Waals surface area (Å²) < 4.78 is 6.38. The maximum Gasteiger partial charge on any atom is 0.295 e. The Morgan fingerprint density at radius 2 is 1.92 bits per heavy atom. The van der Waals surface area contributed by atoms with Crippen LogP contribution in [0.5, 0.6) is 0 Å². The first-order chi connectivity index (χ1) is 11.7. The number of rotatable bonds is 7. The maximum atomic E-state index is 12.9. The molecular formula is C18H21N3O2S. The van der Waals surface area contributed by atoms with E-state index < -0.39 is 0 Å². The van der Waals surface area contributed by atoms with E-state index in [2.05, 4.69) is 23.7 Å². The van der Waals surface area contributed by atoms with Crippen molar-refractivity contribution in [2.24, 2.45) is 0 Å². The summed E-state index contributed by atoms with van der Waals surface area (Å²) in [7, 11) is 0.